The number of amidine groups is 2. The van der Waals surface area contributed by atoms with E-state index >= 15 is 0 Å². The van der Waals surface area contributed by atoms with E-state index in [2.05, 4.69) is 115 Å². The average molecular weight is 606 g/mol. The number of nitrogens with two attached hydrogens (primary N) is 1. The molecule has 0 atom stereocenters. The summed E-state index contributed by atoms with van der Waals surface area (Å²) in [6.45, 7) is 0.449. The molecule has 0 saturated heterocycles. The molecule has 0 radical (unpaired) electrons. The highest BCUT2D eigenvalue weighted by Gasteiger charge is 2.18. The van der Waals surface area contributed by atoms with E-state index in [1.165, 1.54) is 21.9 Å². The molecule has 0 aliphatic rings. The zero-order valence-electron chi connectivity index (χ0n) is 25.7. The van der Waals surface area contributed by atoms with E-state index in [4.69, 9.17) is 20.1 Å². The van der Waals surface area contributed by atoms with Gasteiger partial charge in [-0.05, 0) is 45.2 Å². The molecule has 0 bridgehead atoms. The molecule has 0 spiro atoms. The first-order valence-electron chi connectivity index (χ1n) is 15.7. The number of hydrogen-bond acceptors (Lipinski definition) is 2. The van der Waals surface area contributed by atoms with Crippen molar-refractivity contribution in [2.45, 2.75) is 6.54 Å². The zero-order chi connectivity index (χ0) is 31.6. The monoisotopic (exact) mass is 605 g/mol. The van der Waals surface area contributed by atoms with Crippen LogP contribution in [-0.2, 0) is 6.54 Å². The summed E-state index contributed by atoms with van der Waals surface area (Å²) >= 11 is 0. The van der Waals surface area contributed by atoms with Gasteiger partial charge in [-0.3, -0.25) is 4.99 Å². The Hall–Kier alpha value is -6.26. The molecule has 0 unspecified atom stereocenters. The Labute approximate surface area is 273 Å². The molecule has 8 aromatic rings. The van der Waals surface area contributed by atoms with Crippen molar-refractivity contribution >= 4 is 44.4 Å². The number of furan rings is 1. The van der Waals surface area contributed by atoms with Gasteiger partial charge in [0, 0.05) is 27.5 Å². The molecular formula is C43H31N3O. The van der Waals surface area contributed by atoms with Gasteiger partial charge < -0.3 is 10.2 Å². The van der Waals surface area contributed by atoms with Crippen molar-refractivity contribution in [2.75, 3.05) is 0 Å². The van der Waals surface area contributed by atoms with Gasteiger partial charge in [0.15, 0.2) is 5.84 Å². The second-order valence-corrected chi connectivity index (χ2v) is 11.6. The Morgan fingerprint density at radius 3 is 2.06 bits per heavy atom. The summed E-state index contributed by atoms with van der Waals surface area (Å²) in [7, 11) is 0. The van der Waals surface area contributed by atoms with Crippen LogP contribution in [0.15, 0.2) is 178 Å². The number of rotatable bonds is 6. The van der Waals surface area contributed by atoms with E-state index in [9.17, 15) is 0 Å². The van der Waals surface area contributed by atoms with E-state index in [1.807, 2.05) is 48.5 Å². The molecule has 1 aromatic heterocycles. The largest absolute Gasteiger partial charge is 0.455 e. The minimum absolute atomic E-state index is 0.408. The van der Waals surface area contributed by atoms with Gasteiger partial charge in [0.25, 0.3) is 0 Å². The molecule has 7 aromatic carbocycles. The summed E-state index contributed by atoms with van der Waals surface area (Å²) in [4.78, 5) is 10.0. The molecular weight excluding hydrogens is 574 g/mol. The highest BCUT2D eigenvalue weighted by molar-refractivity contribution is 6.22. The molecule has 0 aliphatic carbocycles. The third-order valence-electron chi connectivity index (χ3n) is 8.59. The quantitative estimate of drug-likeness (QED) is 0.151. The molecule has 0 aliphatic heterocycles. The third-order valence-corrected chi connectivity index (χ3v) is 8.59. The second kappa shape index (κ2) is 12.3. The minimum atomic E-state index is 0.408. The molecule has 47 heavy (non-hydrogen) atoms. The summed E-state index contributed by atoms with van der Waals surface area (Å²) in [5.74, 6) is 0.966. The lowest BCUT2D eigenvalue weighted by atomic mass is 9.98. The number of fused-ring (bicyclic) bond motifs is 4. The Bertz CT molecular complexity index is 2420. The first kappa shape index (κ1) is 28.2. The number of benzene rings is 7. The van der Waals surface area contributed by atoms with E-state index in [0.29, 0.717) is 18.2 Å². The number of nitrogens with zero attached hydrogens (tertiary/aromatic N) is 2. The van der Waals surface area contributed by atoms with E-state index in [0.717, 1.165) is 49.8 Å². The molecule has 2 N–H and O–H groups in total. The van der Waals surface area contributed by atoms with Crippen molar-refractivity contribution < 1.29 is 4.42 Å². The van der Waals surface area contributed by atoms with Crippen molar-refractivity contribution in [3.8, 4) is 22.3 Å². The number of aliphatic imine (C=N–C) groups is 2. The van der Waals surface area contributed by atoms with Gasteiger partial charge in [0.05, 0.1) is 6.54 Å². The highest BCUT2D eigenvalue weighted by atomic mass is 16.3. The van der Waals surface area contributed by atoms with Crippen molar-refractivity contribution in [3.05, 3.63) is 180 Å². The number of para-hydroxylation sites is 1. The molecule has 8 rings (SSSR count). The lowest BCUT2D eigenvalue weighted by Crippen LogP contribution is -2.16. The standard InChI is InChI=1S/C43H31N3O/c44-42(33-14-5-2-6-15-33)46-43(45-28-29-21-23-32(24-22-29)30-11-3-1-4-12-30)38-19-10-20-39-40(38)37-18-9-17-36(41(37)47-39)35-26-25-31-13-7-8-16-34(31)27-35/h1-27H,28H2,(H2,44,45,46). The molecule has 0 amide bonds. The SMILES string of the molecule is NC(=NC(=NCc1ccc(-c2ccccc2)cc1)c1cccc2oc3c(-c4ccc5ccccc5c4)cccc3c12)c1ccccc1. The summed E-state index contributed by atoms with van der Waals surface area (Å²) in [6, 6.07) is 56.0. The smallest absolute Gasteiger partial charge is 0.158 e. The number of hydrogen-bond donors (Lipinski definition) is 1. The van der Waals surface area contributed by atoms with Crippen LogP contribution in [0.25, 0.3) is 55.0 Å². The van der Waals surface area contributed by atoms with E-state index in [-0.39, 0.29) is 0 Å². The van der Waals surface area contributed by atoms with Gasteiger partial charge in [-0.2, -0.15) is 0 Å². The topological polar surface area (TPSA) is 63.9 Å². The third kappa shape index (κ3) is 5.58. The fourth-order valence-electron chi connectivity index (χ4n) is 6.19. The van der Waals surface area contributed by atoms with Gasteiger partial charge in [-0.15, -0.1) is 0 Å². The highest BCUT2D eigenvalue weighted by Crippen LogP contribution is 2.38. The van der Waals surface area contributed by atoms with Gasteiger partial charge in [0.1, 0.15) is 17.0 Å². The van der Waals surface area contributed by atoms with Gasteiger partial charge in [-0.25, -0.2) is 4.99 Å². The lowest BCUT2D eigenvalue weighted by Gasteiger charge is -2.08. The van der Waals surface area contributed by atoms with Crippen LogP contribution in [0.3, 0.4) is 0 Å². The maximum Gasteiger partial charge on any atom is 0.158 e. The van der Waals surface area contributed by atoms with Crippen LogP contribution in [-0.4, -0.2) is 11.7 Å². The zero-order valence-corrected chi connectivity index (χ0v) is 25.7. The molecule has 0 fully saturated rings. The molecule has 224 valence electrons. The Balaban J connectivity index is 1.25. The Morgan fingerprint density at radius 1 is 0.574 bits per heavy atom. The lowest BCUT2D eigenvalue weighted by molar-refractivity contribution is 0.670. The van der Waals surface area contributed by atoms with Crippen LogP contribution in [0.4, 0.5) is 0 Å². The second-order valence-electron chi connectivity index (χ2n) is 11.6. The summed E-state index contributed by atoms with van der Waals surface area (Å²) in [5.41, 5.74) is 15.5. The predicted octanol–water partition coefficient (Wildman–Crippen LogP) is 10.4. The van der Waals surface area contributed by atoms with Crippen molar-refractivity contribution in [1.29, 1.82) is 0 Å². The van der Waals surface area contributed by atoms with Crippen molar-refractivity contribution in [2.24, 2.45) is 15.7 Å². The summed E-state index contributed by atoms with van der Waals surface area (Å²) < 4.78 is 6.61. The van der Waals surface area contributed by atoms with Gasteiger partial charge in [0.2, 0.25) is 0 Å². The van der Waals surface area contributed by atoms with Crippen LogP contribution in [0, 0.1) is 0 Å². The normalized spacial score (nSPS) is 12.3. The molecule has 4 nitrogen and oxygen atoms in total. The minimum Gasteiger partial charge on any atom is -0.455 e. The Morgan fingerprint density at radius 2 is 1.26 bits per heavy atom. The van der Waals surface area contributed by atoms with Gasteiger partial charge >= 0.3 is 0 Å². The molecule has 0 saturated carbocycles. The van der Waals surface area contributed by atoms with Crippen LogP contribution in [0.5, 0.6) is 0 Å². The van der Waals surface area contributed by atoms with Crippen LogP contribution >= 0.6 is 0 Å². The van der Waals surface area contributed by atoms with Crippen LogP contribution < -0.4 is 5.73 Å². The maximum absolute atomic E-state index is 6.61. The molecule has 4 heteroatoms. The van der Waals surface area contributed by atoms with Crippen LogP contribution in [0.1, 0.15) is 16.7 Å². The first-order chi connectivity index (χ1) is 23.2. The predicted molar refractivity (Wildman–Crippen MR) is 196 cm³/mol. The summed E-state index contributed by atoms with van der Waals surface area (Å²) in [5, 5.41) is 4.37. The van der Waals surface area contributed by atoms with Crippen molar-refractivity contribution in [3.63, 3.8) is 0 Å². The summed E-state index contributed by atoms with van der Waals surface area (Å²) in [6.07, 6.45) is 0. The fourth-order valence-corrected chi connectivity index (χ4v) is 6.19. The average Bonchev–Trinajstić information content (AvgIpc) is 3.53. The first-order valence-corrected chi connectivity index (χ1v) is 15.7. The fraction of sp³-hybridized carbons (Fsp3) is 0.0233. The van der Waals surface area contributed by atoms with Crippen LogP contribution in [0.2, 0.25) is 0 Å². The Kier molecular flexibility index (Phi) is 7.37. The maximum atomic E-state index is 6.61. The van der Waals surface area contributed by atoms with Crippen molar-refractivity contribution in [1.82, 2.24) is 0 Å². The van der Waals surface area contributed by atoms with E-state index < -0.39 is 0 Å². The van der Waals surface area contributed by atoms with Gasteiger partial charge in [-0.1, -0.05) is 152 Å². The molecule has 1 heterocycles. The van der Waals surface area contributed by atoms with E-state index in [1.54, 1.807) is 0 Å².